The average molecular weight is 748 g/mol. The monoisotopic (exact) mass is 747 g/mol. The van der Waals surface area contributed by atoms with Crippen LogP contribution in [0.25, 0.3) is 36.5 Å². The quantitative estimate of drug-likeness (QED) is 0.175. The largest absolute Gasteiger partial charge is 0.341 e. The van der Waals surface area contributed by atoms with E-state index < -0.39 is 15.4 Å². The molecule has 0 radical (unpaired) electrons. The molecule has 0 spiro atoms. The molecule has 0 unspecified atom stereocenters. The Morgan fingerprint density at radius 3 is 1.46 bits per heavy atom. The van der Waals surface area contributed by atoms with Gasteiger partial charge < -0.3 is 5.32 Å². The number of aromatic nitrogens is 6. The second-order valence-electron chi connectivity index (χ2n) is 11.4. The average Bonchev–Trinajstić information content (AvgIpc) is 3.93. The van der Waals surface area contributed by atoms with Crippen LogP contribution in [0.2, 0.25) is 0 Å². The van der Waals surface area contributed by atoms with E-state index in [-0.39, 0.29) is 11.9 Å². The third-order valence-corrected chi connectivity index (χ3v) is 9.70. The first-order chi connectivity index (χ1) is 23.8. The SMILES string of the molecule is CC(C)(C)C(=O)n1ccc(C=Cc2cccs2)n1.CNC(=O)n1ccc(C=Cc2cccs2)n1.CS(=O)(=O)n1ccc(C=Cc2cccs2)n1. The number of nitrogens with one attached hydrogen (secondary N) is 1. The number of hydrogen-bond donors (Lipinski definition) is 1. The van der Waals surface area contributed by atoms with Gasteiger partial charge in [0.25, 0.3) is 15.9 Å². The van der Waals surface area contributed by atoms with Gasteiger partial charge in [-0.15, -0.1) is 34.0 Å². The predicted molar refractivity (Wildman–Crippen MR) is 207 cm³/mol. The minimum absolute atomic E-state index is 0.00160. The fourth-order valence-electron chi connectivity index (χ4n) is 3.79. The normalized spacial score (nSPS) is 11.8. The van der Waals surface area contributed by atoms with Gasteiger partial charge >= 0.3 is 6.03 Å². The van der Waals surface area contributed by atoms with E-state index in [2.05, 4.69) is 20.6 Å². The Morgan fingerprint density at radius 2 is 1.08 bits per heavy atom. The molecular formula is C35H37N7O4S4. The molecule has 1 amide bonds. The van der Waals surface area contributed by atoms with Crippen LogP contribution < -0.4 is 5.32 Å². The molecule has 6 rings (SSSR count). The summed E-state index contributed by atoms with van der Waals surface area (Å²) in [5.74, 6) is -0.00160. The minimum Gasteiger partial charge on any atom is -0.339 e. The highest BCUT2D eigenvalue weighted by Crippen LogP contribution is 2.18. The summed E-state index contributed by atoms with van der Waals surface area (Å²) in [7, 11) is -1.71. The van der Waals surface area contributed by atoms with Crippen molar-refractivity contribution in [1.82, 2.24) is 34.1 Å². The number of carbonyl (C=O) groups excluding carboxylic acids is 2. The lowest BCUT2D eigenvalue weighted by molar-refractivity contribution is 0.0748. The van der Waals surface area contributed by atoms with Gasteiger partial charge in [-0.3, -0.25) is 4.79 Å². The number of carbonyl (C=O) groups is 2. The summed E-state index contributed by atoms with van der Waals surface area (Å²) < 4.78 is 26.0. The van der Waals surface area contributed by atoms with Crippen LogP contribution in [0.5, 0.6) is 0 Å². The van der Waals surface area contributed by atoms with Gasteiger partial charge in [0.1, 0.15) is 0 Å². The van der Waals surface area contributed by atoms with Crippen LogP contribution in [-0.4, -0.2) is 62.4 Å². The number of hydrogen-bond acceptors (Lipinski definition) is 10. The Labute approximate surface area is 303 Å². The number of amides is 1. The Morgan fingerprint density at radius 1 is 0.660 bits per heavy atom. The first-order valence-electron chi connectivity index (χ1n) is 15.1. The Kier molecular flexibility index (Phi) is 13.3. The number of thiophene rings is 3. The highest BCUT2D eigenvalue weighted by atomic mass is 32.2. The molecule has 50 heavy (non-hydrogen) atoms. The third-order valence-electron chi connectivity index (χ3n) is 6.30. The van der Waals surface area contributed by atoms with Crippen LogP contribution in [0.15, 0.2) is 89.3 Å². The number of rotatable bonds is 7. The van der Waals surface area contributed by atoms with Crippen molar-refractivity contribution in [2.24, 2.45) is 5.41 Å². The molecule has 0 bridgehead atoms. The first kappa shape index (κ1) is 37.9. The van der Waals surface area contributed by atoms with Crippen LogP contribution in [0.3, 0.4) is 0 Å². The molecule has 0 atom stereocenters. The van der Waals surface area contributed by atoms with Crippen molar-refractivity contribution >= 4 is 92.4 Å². The van der Waals surface area contributed by atoms with Crippen LogP contribution >= 0.6 is 34.0 Å². The molecule has 0 aliphatic carbocycles. The van der Waals surface area contributed by atoms with Gasteiger partial charge in [0.2, 0.25) is 0 Å². The Balaban J connectivity index is 0.000000169. The van der Waals surface area contributed by atoms with E-state index in [0.717, 1.165) is 31.5 Å². The van der Waals surface area contributed by atoms with Gasteiger partial charge in [0, 0.05) is 45.7 Å². The van der Waals surface area contributed by atoms with Crippen LogP contribution in [0, 0.1) is 5.41 Å². The smallest absolute Gasteiger partial charge is 0.339 e. The lowest BCUT2D eigenvalue weighted by atomic mass is 9.96. The fourth-order valence-corrected chi connectivity index (χ4v) is 6.17. The summed E-state index contributed by atoms with van der Waals surface area (Å²) in [6, 6.07) is 17.1. The molecular weight excluding hydrogens is 711 g/mol. The summed E-state index contributed by atoms with van der Waals surface area (Å²) in [6.07, 6.45) is 17.3. The van der Waals surface area contributed by atoms with E-state index >= 15 is 0 Å². The van der Waals surface area contributed by atoms with Crippen molar-refractivity contribution < 1.29 is 18.0 Å². The van der Waals surface area contributed by atoms with Crippen molar-refractivity contribution in [3.63, 3.8) is 0 Å². The zero-order valence-corrected chi connectivity index (χ0v) is 31.3. The maximum atomic E-state index is 12.0. The van der Waals surface area contributed by atoms with E-state index in [9.17, 15) is 18.0 Å². The summed E-state index contributed by atoms with van der Waals surface area (Å²) in [5.41, 5.74) is 1.76. The number of nitrogens with zero attached hydrogens (tertiary/aromatic N) is 6. The van der Waals surface area contributed by atoms with Crippen LogP contribution in [0.1, 0.15) is 57.3 Å². The molecule has 6 aromatic heterocycles. The maximum Gasteiger partial charge on any atom is 0.341 e. The molecule has 0 aromatic carbocycles. The van der Waals surface area contributed by atoms with Crippen molar-refractivity contribution in [2.75, 3.05) is 13.3 Å². The summed E-state index contributed by atoms with van der Waals surface area (Å²) in [5, 5.41) is 20.8. The molecule has 260 valence electrons. The first-order valence-corrected chi connectivity index (χ1v) is 19.6. The lowest BCUT2D eigenvalue weighted by Gasteiger charge is -2.15. The van der Waals surface area contributed by atoms with Crippen LogP contribution in [-0.2, 0) is 10.0 Å². The van der Waals surface area contributed by atoms with Crippen molar-refractivity contribution in [3.05, 3.63) is 121 Å². The summed E-state index contributed by atoms with van der Waals surface area (Å²) in [6.45, 7) is 5.66. The second-order valence-corrected chi connectivity index (χ2v) is 16.2. The lowest BCUT2D eigenvalue weighted by Crippen LogP contribution is -2.27. The molecule has 0 saturated heterocycles. The van der Waals surface area contributed by atoms with E-state index in [0.29, 0.717) is 5.69 Å². The molecule has 6 aromatic rings. The van der Waals surface area contributed by atoms with Crippen molar-refractivity contribution in [3.8, 4) is 0 Å². The topological polar surface area (TPSA) is 134 Å². The standard InChI is InChI=1S/C14H16N2OS.C11H11N3OS.C10H10N2O2S2/c1-14(2,3)13(17)16-9-8-11(15-16)6-7-12-5-4-10-18-12;1-12-11(15)14-7-6-9(13-14)4-5-10-3-2-8-16-10;1-16(13,14)12-7-6-9(11-12)4-5-10-3-2-8-15-10/h4-10H,1-3H3;2-8H,1H3,(H,12,15);2-8H,1H3. The van der Waals surface area contributed by atoms with Gasteiger partial charge in [-0.25, -0.2) is 17.9 Å². The Bertz CT molecular complexity index is 2140. The van der Waals surface area contributed by atoms with Crippen molar-refractivity contribution in [1.29, 1.82) is 0 Å². The van der Waals surface area contributed by atoms with E-state index in [1.807, 2.05) is 110 Å². The second kappa shape index (κ2) is 17.6. The van der Waals surface area contributed by atoms with Gasteiger partial charge in [-0.1, -0.05) is 39.0 Å². The molecule has 0 fully saturated rings. The Hall–Kier alpha value is -4.96. The van der Waals surface area contributed by atoms with Crippen LogP contribution in [0.4, 0.5) is 4.79 Å². The minimum atomic E-state index is -3.28. The van der Waals surface area contributed by atoms with E-state index in [1.54, 1.807) is 71.7 Å². The van der Waals surface area contributed by atoms with E-state index in [1.165, 1.54) is 20.4 Å². The van der Waals surface area contributed by atoms with Gasteiger partial charge in [-0.05, 0) is 89.0 Å². The molecule has 6 heterocycles. The van der Waals surface area contributed by atoms with Gasteiger partial charge in [-0.2, -0.15) is 24.1 Å². The van der Waals surface area contributed by atoms with Gasteiger partial charge in [0.05, 0.1) is 23.3 Å². The summed E-state index contributed by atoms with van der Waals surface area (Å²) >= 11 is 4.95. The molecule has 1 N–H and O–H groups in total. The third kappa shape index (κ3) is 11.9. The molecule has 0 aliphatic rings. The summed E-state index contributed by atoms with van der Waals surface area (Å²) in [4.78, 5) is 26.7. The highest BCUT2D eigenvalue weighted by molar-refractivity contribution is 7.89. The zero-order valence-electron chi connectivity index (χ0n) is 28.1. The van der Waals surface area contributed by atoms with E-state index in [4.69, 9.17) is 0 Å². The predicted octanol–water partition coefficient (Wildman–Crippen LogP) is 8.03. The van der Waals surface area contributed by atoms with Crippen molar-refractivity contribution in [2.45, 2.75) is 20.8 Å². The molecule has 15 heteroatoms. The van der Waals surface area contributed by atoms with Gasteiger partial charge in [0.15, 0.2) is 0 Å². The molecule has 0 saturated carbocycles. The molecule has 11 nitrogen and oxygen atoms in total. The fraction of sp³-hybridized carbons (Fsp3) is 0.171. The maximum absolute atomic E-state index is 12.0. The highest BCUT2D eigenvalue weighted by Gasteiger charge is 2.23. The zero-order chi connectivity index (χ0) is 36.1. The molecule has 0 aliphatic heterocycles.